The summed E-state index contributed by atoms with van der Waals surface area (Å²) in [5, 5.41) is 8.98. The quantitative estimate of drug-likeness (QED) is 0.704. The highest BCUT2D eigenvalue weighted by Gasteiger charge is 2.14. The van der Waals surface area contributed by atoms with Gasteiger partial charge in [0, 0.05) is 30.2 Å². The number of hydrogen-bond acceptors (Lipinski definition) is 5. The molecule has 0 aliphatic carbocycles. The van der Waals surface area contributed by atoms with Crippen LogP contribution in [0.25, 0.3) is 11.5 Å². The number of carbonyl (C=O) groups excluding carboxylic acids is 1. The first-order valence-corrected chi connectivity index (χ1v) is 7.78. The van der Waals surface area contributed by atoms with Crippen molar-refractivity contribution in [3.63, 3.8) is 0 Å². The van der Waals surface area contributed by atoms with Gasteiger partial charge in [0.25, 0.3) is 0 Å². The molecule has 122 valence electrons. The number of rotatable bonds is 6. The van der Waals surface area contributed by atoms with Crippen LogP contribution in [0.2, 0.25) is 0 Å². The molecule has 0 amide bonds. The summed E-state index contributed by atoms with van der Waals surface area (Å²) in [7, 11) is 0. The van der Waals surface area contributed by atoms with Crippen LogP contribution in [-0.2, 0) is 13.0 Å². The van der Waals surface area contributed by atoms with Gasteiger partial charge in [-0.1, -0.05) is 18.2 Å². The van der Waals surface area contributed by atoms with Crippen molar-refractivity contribution >= 4 is 5.78 Å². The normalized spacial score (nSPS) is 10.8. The molecule has 0 spiro atoms. The Morgan fingerprint density at radius 3 is 2.62 bits per heavy atom. The molecule has 0 unspecified atom stereocenters. The molecule has 3 rings (SSSR count). The van der Waals surface area contributed by atoms with E-state index in [2.05, 4.69) is 9.97 Å². The van der Waals surface area contributed by atoms with Crippen LogP contribution in [0.3, 0.4) is 0 Å². The van der Waals surface area contributed by atoms with Gasteiger partial charge >= 0.3 is 0 Å². The number of ketones is 1. The van der Waals surface area contributed by atoms with Crippen molar-refractivity contribution in [2.24, 2.45) is 0 Å². The van der Waals surface area contributed by atoms with E-state index in [4.69, 9.17) is 9.52 Å². The summed E-state index contributed by atoms with van der Waals surface area (Å²) in [6.45, 7) is 1.73. The number of hydrogen-bond donors (Lipinski definition) is 1. The van der Waals surface area contributed by atoms with Crippen LogP contribution in [0.4, 0.5) is 0 Å². The number of Topliss-reactive ketones (excluding diaryl/α,β-unsaturated/α-hetero) is 1. The molecule has 0 aliphatic rings. The fourth-order valence-corrected chi connectivity index (χ4v) is 2.42. The van der Waals surface area contributed by atoms with Crippen LogP contribution in [0.15, 0.2) is 53.1 Å². The van der Waals surface area contributed by atoms with Gasteiger partial charge in [-0.05, 0) is 31.2 Å². The van der Waals surface area contributed by atoms with Gasteiger partial charge in [-0.3, -0.25) is 9.78 Å². The Morgan fingerprint density at radius 2 is 1.96 bits per heavy atom. The summed E-state index contributed by atoms with van der Waals surface area (Å²) in [4.78, 5) is 20.8. The number of aryl methyl sites for hydroxylation is 2. The molecule has 0 aliphatic heterocycles. The Hall–Kier alpha value is -2.79. The second-order valence-corrected chi connectivity index (χ2v) is 5.51. The van der Waals surface area contributed by atoms with E-state index in [1.165, 1.54) is 6.20 Å². The Morgan fingerprint density at radius 1 is 1.17 bits per heavy atom. The Balaban J connectivity index is 1.68. The van der Waals surface area contributed by atoms with Crippen molar-refractivity contribution in [3.05, 3.63) is 71.4 Å². The number of aliphatic hydroxyl groups excluding tert-OH is 1. The fourth-order valence-electron chi connectivity index (χ4n) is 2.42. The van der Waals surface area contributed by atoms with E-state index in [0.29, 0.717) is 30.0 Å². The first-order valence-electron chi connectivity index (χ1n) is 7.78. The summed E-state index contributed by atoms with van der Waals surface area (Å²) < 4.78 is 5.71. The van der Waals surface area contributed by atoms with Crippen molar-refractivity contribution in [2.45, 2.75) is 26.4 Å². The van der Waals surface area contributed by atoms with Crippen LogP contribution < -0.4 is 0 Å². The van der Waals surface area contributed by atoms with Crippen molar-refractivity contribution in [1.82, 2.24) is 9.97 Å². The summed E-state index contributed by atoms with van der Waals surface area (Å²) in [5.74, 6) is 1.30. The van der Waals surface area contributed by atoms with E-state index in [9.17, 15) is 4.79 Å². The average molecular weight is 322 g/mol. The predicted molar refractivity (Wildman–Crippen MR) is 89.5 cm³/mol. The van der Waals surface area contributed by atoms with Gasteiger partial charge in [0.15, 0.2) is 5.78 Å². The number of aliphatic hydroxyl groups is 1. The molecule has 0 bridgehead atoms. The Labute approximate surface area is 140 Å². The number of nitrogens with zero attached hydrogens (tertiary/aromatic N) is 2. The third kappa shape index (κ3) is 3.58. The molecule has 5 heteroatoms. The second kappa shape index (κ2) is 7.19. The highest BCUT2D eigenvalue weighted by Crippen LogP contribution is 2.22. The van der Waals surface area contributed by atoms with Gasteiger partial charge in [0.05, 0.1) is 18.0 Å². The molecule has 0 saturated heterocycles. The van der Waals surface area contributed by atoms with Crippen LogP contribution in [0.5, 0.6) is 0 Å². The molecule has 24 heavy (non-hydrogen) atoms. The van der Waals surface area contributed by atoms with Crippen LogP contribution in [-0.4, -0.2) is 20.9 Å². The van der Waals surface area contributed by atoms with E-state index in [-0.39, 0.29) is 12.4 Å². The van der Waals surface area contributed by atoms with Crippen LogP contribution >= 0.6 is 0 Å². The summed E-state index contributed by atoms with van der Waals surface area (Å²) >= 11 is 0. The molecular formula is C19H18N2O3. The fraction of sp³-hybridized carbons (Fsp3) is 0.211. The van der Waals surface area contributed by atoms with E-state index in [1.54, 1.807) is 12.1 Å². The van der Waals surface area contributed by atoms with Gasteiger partial charge in [-0.15, -0.1) is 0 Å². The van der Waals surface area contributed by atoms with Gasteiger partial charge in [-0.25, -0.2) is 4.98 Å². The zero-order chi connectivity index (χ0) is 16.9. The molecule has 5 nitrogen and oxygen atoms in total. The largest absolute Gasteiger partial charge is 0.441 e. The first kappa shape index (κ1) is 16.1. The van der Waals surface area contributed by atoms with Crippen LogP contribution in [0.1, 0.15) is 33.9 Å². The zero-order valence-electron chi connectivity index (χ0n) is 13.4. The Bertz CT molecular complexity index is 824. The number of aromatic nitrogens is 2. The average Bonchev–Trinajstić information content (AvgIpc) is 3.01. The lowest BCUT2D eigenvalue weighted by atomic mass is 10.1. The number of oxazole rings is 1. The maximum absolute atomic E-state index is 12.2. The molecule has 2 aromatic heterocycles. The lowest BCUT2D eigenvalue weighted by Crippen LogP contribution is -2.03. The van der Waals surface area contributed by atoms with E-state index >= 15 is 0 Å². The lowest BCUT2D eigenvalue weighted by Gasteiger charge is -2.01. The van der Waals surface area contributed by atoms with Crippen molar-refractivity contribution in [2.75, 3.05) is 0 Å². The number of pyridine rings is 1. The van der Waals surface area contributed by atoms with E-state index in [0.717, 1.165) is 17.0 Å². The molecule has 1 aromatic carbocycles. The van der Waals surface area contributed by atoms with Crippen molar-refractivity contribution < 1.29 is 14.3 Å². The molecule has 0 radical (unpaired) electrons. The van der Waals surface area contributed by atoms with Crippen LogP contribution in [0, 0.1) is 6.92 Å². The minimum atomic E-state index is -0.130. The van der Waals surface area contributed by atoms with Crippen molar-refractivity contribution in [1.29, 1.82) is 0 Å². The second-order valence-electron chi connectivity index (χ2n) is 5.51. The molecular weight excluding hydrogens is 304 g/mol. The molecule has 1 N–H and O–H groups in total. The molecule has 3 aromatic rings. The highest BCUT2D eigenvalue weighted by atomic mass is 16.4. The van der Waals surface area contributed by atoms with Gasteiger partial charge in [-0.2, -0.15) is 0 Å². The number of carbonyl (C=O) groups is 1. The van der Waals surface area contributed by atoms with Crippen molar-refractivity contribution in [3.8, 4) is 11.5 Å². The van der Waals surface area contributed by atoms with Gasteiger partial charge in [0.1, 0.15) is 5.76 Å². The SMILES string of the molecule is Cc1oc(-c2ccccc2)nc1CCC(=O)c1ccc(CO)nc1. The maximum atomic E-state index is 12.2. The minimum absolute atomic E-state index is 0.00403. The standard InChI is InChI=1S/C19H18N2O3/c1-13-17(21-19(24-13)14-5-3-2-4-6-14)9-10-18(23)15-7-8-16(12-22)20-11-15/h2-8,11,22H,9-10,12H2,1H3. The lowest BCUT2D eigenvalue weighted by molar-refractivity contribution is 0.0982. The first-order chi connectivity index (χ1) is 11.7. The minimum Gasteiger partial charge on any atom is -0.441 e. The monoisotopic (exact) mass is 322 g/mol. The number of benzene rings is 1. The predicted octanol–water partition coefficient (Wildman–Crippen LogP) is 3.35. The van der Waals surface area contributed by atoms with Gasteiger partial charge < -0.3 is 9.52 Å². The highest BCUT2D eigenvalue weighted by molar-refractivity contribution is 5.95. The van der Waals surface area contributed by atoms with E-state index < -0.39 is 0 Å². The molecule has 2 heterocycles. The Kier molecular flexibility index (Phi) is 4.82. The maximum Gasteiger partial charge on any atom is 0.226 e. The third-order valence-electron chi connectivity index (χ3n) is 3.81. The summed E-state index contributed by atoms with van der Waals surface area (Å²) in [5.41, 5.74) is 2.80. The topological polar surface area (TPSA) is 76.2 Å². The smallest absolute Gasteiger partial charge is 0.226 e. The van der Waals surface area contributed by atoms with Gasteiger partial charge in [0.2, 0.25) is 5.89 Å². The zero-order valence-corrected chi connectivity index (χ0v) is 13.4. The molecule has 0 saturated carbocycles. The summed E-state index contributed by atoms with van der Waals surface area (Å²) in [6, 6.07) is 13.0. The van der Waals surface area contributed by atoms with E-state index in [1.807, 2.05) is 37.3 Å². The summed E-state index contributed by atoms with van der Waals surface area (Å²) in [6.07, 6.45) is 2.35. The molecule has 0 atom stereocenters. The molecule has 0 fully saturated rings. The third-order valence-corrected chi connectivity index (χ3v) is 3.81.